The zero-order valence-electron chi connectivity index (χ0n) is 15.0. The molecular weight excluding hydrogens is 375 g/mol. The molecule has 0 spiro atoms. The smallest absolute Gasteiger partial charge is 0.253 e. The van der Waals surface area contributed by atoms with Crippen molar-refractivity contribution in [2.24, 2.45) is 5.92 Å². The first-order chi connectivity index (χ1) is 11.6. The van der Waals surface area contributed by atoms with Gasteiger partial charge in [-0.1, -0.05) is 0 Å². The number of piperidine rings is 2. The predicted molar refractivity (Wildman–Crippen MR) is 106 cm³/mol. The first-order valence-corrected chi connectivity index (χ1v) is 8.88. The molecule has 0 aromatic carbocycles. The van der Waals surface area contributed by atoms with E-state index in [1.807, 2.05) is 0 Å². The van der Waals surface area contributed by atoms with Crippen LogP contribution < -0.4 is 10.6 Å². The lowest BCUT2D eigenvalue weighted by Crippen LogP contribution is -2.54. The molecule has 2 N–H and O–H groups in total. The van der Waals surface area contributed by atoms with Gasteiger partial charge >= 0.3 is 0 Å². The summed E-state index contributed by atoms with van der Waals surface area (Å²) < 4.78 is 0. The lowest BCUT2D eigenvalue weighted by atomic mass is 9.94. The van der Waals surface area contributed by atoms with Crippen molar-refractivity contribution in [2.75, 3.05) is 19.6 Å². The maximum atomic E-state index is 12.6. The molecule has 2 aliphatic heterocycles. The average molecular weight is 403 g/mol. The molecule has 3 heterocycles. The van der Waals surface area contributed by atoms with Crippen LogP contribution >= 0.6 is 24.8 Å². The Morgan fingerprint density at radius 1 is 1.19 bits per heavy atom. The van der Waals surface area contributed by atoms with Crippen LogP contribution in [0, 0.1) is 5.92 Å². The van der Waals surface area contributed by atoms with Crippen LogP contribution in [-0.2, 0) is 4.79 Å². The molecule has 1 aromatic heterocycles. The molecule has 8 heteroatoms. The lowest BCUT2D eigenvalue weighted by molar-refractivity contribution is -0.127. The van der Waals surface area contributed by atoms with E-state index in [4.69, 9.17) is 0 Å². The number of likely N-dealkylation sites (tertiary alicyclic amines) is 1. The molecule has 26 heavy (non-hydrogen) atoms. The summed E-state index contributed by atoms with van der Waals surface area (Å²) in [4.78, 5) is 30.9. The number of hydrogen-bond donors (Lipinski definition) is 2. The average Bonchev–Trinajstić information content (AvgIpc) is 2.64. The minimum Gasteiger partial charge on any atom is -0.352 e. The predicted octanol–water partition coefficient (Wildman–Crippen LogP) is 2.03. The summed E-state index contributed by atoms with van der Waals surface area (Å²) in [5.74, 6) is -0.0379. The molecule has 3 atom stereocenters. The van der Waals surface area contributed by atoms with E-state index >= 15 is 0 Å². The highest BCUT2D eigenvalue weighted by Gasteiger charge is 2.31. The fraction of sp³-hybridized carbons (Fsp3) is 0.611. The maximum Gasteiger partial charge on any atom is 0.253 e. The molecule has 3 rings (SSSR count). The van der Waals surface area contributed by atoms with E-state index in [-0.39, 0.29) is 48.6 Å². The van der Waals surface area contributed by atoms with E-state index in [2.05, 4.69) is 22.5 Å². The second-order valence-corrected chi connectivity index (χ2v) is 6.83. The molecule has 0 bridgehead atoms. The van der Waals surface area contributed by atoms with Crippen molar-refractivity contribution >= 4 is 36.6 Å². The molecule has 2 saturated heterocycles. The summed E-state index contributed by atoms with van der Waals surface area (Å²) in [6.07, 6.45) is 7.07. The van der Waals surface area contributed by atoms with Crippen LogP contribution in [0.15, 0.2) is 24.5 Å². The van der Waals surface area contributed by atoms with Gasteiger partial charge in [-0.25, -0.2) is 0 Å². The molecule has 1 aromatic rings. The summed E-state index contributed by atoms with van der Waals surface area (Å²) in [6, 6.07) is 3.95. The minimum absolute atomic E-state index is 0. The Morgan fingerprint density at radius 2 is 1.92 bits per heavy atom. The molecule has 0 saturated carbocycles. The Labute approximate surface area is 167 Å². The van der Waals surface area contributed by atoms with Gasteiger partial charge in [0.05, 0.1) is 5.92 Å². The highest BCUT2D eigenvalue weighted by Crippen LogP contribution is 2.20. The number of aromatic nitrogens is 1. The van der Waals surface area contributed by atoms with Crippen molar-refractivity contribution in [3.8, 4) is 0 Å². The maximum absolute atomic E-state index is 12.6. The zero-order chi connectivity index (χ0) is 16.9. The van der Waals surface area contributed by atoms with Gasteiger partial charge in [0.25, 0.3) is 5.91 Å². The first kappa shape index (κ1) is 22.7. The molecular formula is C18H28Cl2N4O2. The molecule has 2 aliphatic rings. The third kappa shape index (κ3) is 5.56. The highest BCUT2D eigenvalue weighted by molar-refractivity contribution is 5.94. The molecule has 0 radical (unpaired) electrons. The monoisotopic (exact) mass is 402 g/mol. The summed E-state index contributed by atoms with van der Waals surface area (Å²) >= 11 is 0. The van der Waals surface area contributed by atoms with Crippen molar-refractivity contribution in [2.45, 2.75) is 44.7 Å². The van der Waals surface area contributed by atoms with Gasteiger partial charge in [0.1, 0.15) is 0 Å². The minimum atomic E-state index is -0.112. The Kier molecular flexibility index (Phi) is 9.33. The number of nitrogens with zero attached hydrogens (tertiary/aromatic N) is 2. The number of halogens is 2. The van der Waals surface area contributed by atoms with E-state index in [9.17, 15) is 9.59 Å². The van der Waals surface area contributed by atoms with Crippen LogP contribution in [-0.4, -0.2) is 53.4 Å². The third-order valence-electron chi connectivity index (χ3n) is 5.10. The number of hydrogen-bond acceptors (Lipinski definition) is 4. The second-order valence-electron chi connectivity index (χ2n) is 6.83. The second kappa shape index (κ2) is 10.7. The zero-order valence-corrected chi connectivity index (χ0v) is 16.7. The summed E-state index contributed by atoms with van der Waals surface area (Å²) in [7, 11) is 0. The summed E-state index contributed by atoms with van der Waals surface area (Å²) in [6.45, 7) is 4.35. The Bertz CT molecular complexity index is 588. The van der Waals surface area contributed by atoms with Crippen LogP contribution in [0.5, 0.6) is 0 Å². The lowest BCUT2D eigenvalue weighted by Gasteiger charge is -2.35. The van der Waals surface area contributed by atoms with Crippen LogP contribution in [0.4, 0.5) is 0 Å². The normalized spacial score (nSPS) is 25.4. The first-order valence-electron chi connectivity index (χ1n) is 8.88. The Balaban J connectivity index is 0.00000169. The van der Waals surface area contributed by atoms with E-state index in [1.54, 1.807) is 29.4 Å². The molecule has 0 aliphatic carbocycles. The van der Waals surface area contributed by atoms with Gasteiger partial charge in [0.2, 0.25) is 5.91 Å². The molecule has 6 nitrogen and oxygen atoms in total. The molecule has 3 unspecified atom stereocenters. The van der Waals surface area contributed by atoms with Gasteiger partial charge in [-0.15, -0.1) is 24.8 Å². The van der Waals surface area contributed by atoms with Crippen molar-refractivity contribution in [3.63, 3.8) is 0 Å². The van der Waals surface area contributed by atoms with Crippen molar-refractivity contribution in [1.82, 2.24) is 20.5 Å². The molecule has 2 amide bonds. The fourth-order valence-electron chi connectivity index (χ4n) is 3.59. The number of pyridine rings is 1. The van der Waals surface area contributed by atoms with Gasteiger partial charge in [0, 0.05) is 43.1 Å². The topological polar surface area (TPSA) is 74.3 Å². The van der Waals surface area contributed by atoms with Crippen molar-refractivity contribution in [1.29, 1.82) is 0 Å². The summed E-state index contributed by atoms with van der Waals surface area (Å²) in [5.41, 5.74) is 0.635. The molecule has 2 fully saturated rings. The number of carbonyl (C=O) groups is 2. The van der Waals surface area contributed by atoms with Crippen LogP contribution in [0.1, 0.15) is 43.0 Å². The van der Waals surface area contributed by atoms with Gasteiger partial charge in [-0.2, -0.15) is 0 Å². The molecule has 146 valence electrons. The quantitative estimate of drug-likeness (QED) is 0.810. The summed E-state index contributed by atoms with van der Waals surface area (Å²) in [5, 5.41) is 6.59. The SMILES string of the molecule is CC1NCCCC1NC(=O)C1CCCN(C(=O)c2ccncc2)C1.Cl.Cl. The van der Waals surface area contributed by atoms with Crippen LogP contribution in [0.2, 0.25) is 0 Å². The van der Waals surface area contributed by atoms with E-state index in [1.165, 1.54) is 0 Å². The van der Waals surface area contributed by atoms with E-state index in [0.717, 1.165) is 32.2 Å². The van der Waals surface area contributed by atoms with Gasteiger partial charge < -0.3 is 15.5 Å². The van der Waals surface area contributed by atoms with Gasteiger partial charge in [-0.3, -0.25) is 14.6 Å². The standard InChI is InChI=1S/C18H26N4O2.2ClH/c1-13-16(5-2-8-20-13)21-17(23)15-4-3-11-22(12-15)18(24)14-6-9-19-10-7-14;;/h6-7,9-10,13,15-16,20H,2-5,8,11-12H2,1H3,(H,21,23);2*1H. The highest BCUT2D eigenvalue weighted by atomic mass is 35.5. The van der Waals surface area contributed by atoms with E-state index < -0.39 is 0 Å². The van der Waals surface area contributed by atoms with Gasteiger partial charge in [-0.05, 0) is 51.3 Å². The van der Waals surface area contributed by atoms with E-state index in [0.29, 0.717) is 24.7 Å². The Morgan fingerprint density at radius 3 is 2.62 bits per heavy atom. The largest absolute Gasteiger partial charge is 0.352 e. The third-order valence-corrected chi connectivity index (χ3v) is 5.10. The number of nitrogens with one attached hydrogen (secondary N) is 2. The van der Waals surface area contributed by atoms with Crippen molar-refractivity contribution in [3.05, 3.63) is 30.1 Å². The number of amides is 2. The number of rotatable bonds is 3. The number of carbonyl (C=O) groups excluding carboxylic acids is 2. The fourth-order valence-corrected chi connectivity index (χ4v) is 3.59. The van der Waals surface area contributed by atoms with Crippen LogP contribution in [0.25, 0.3) is 0 Å². The van der Waals surface area contributed by atoms with Crippen molar-refractivity contribution < 1.29 is 9.59 Å². The Hall–Kier alpha value is -1.37. The van der Waals surface area contributed by atoms with Gasteiger partial charge in [0.15, 0.2) is 0 Å². The van der Waals surface area contributed by atoms with Crippen LogP contribution in [0.3, 0.4) is 0 Å².